The largest absolute Gasteiger partial charge is 1.00 e. The van der Waals surface area contributed by atoms with Crippen molar-refractivity contribution in [3.63, 3.8) is 0 Å². The zero-order valence-electron chi connectivity index (χ0n) is 3.79. The number of hydrogen-bond donors (Lipinski definition) is 0. The number of methoxy groups -OCH3 is 1. The summed E-state index contributed by atoms with van der Waals surface area (Å²) < 4.78 is 4.25. The molecule has 0 rings (SSSR count). The zero-order valence-corrected chi connectivity index (χ0v) is 6.54. The predicted molar refractivity (Wildman–Crippen MR) is 12.9 cm³/mol. The Bertz CT molecular complexity index is 9.61. The first-order valence-corrected chi connectivity index (χ1v) is 0.816. The van der Waals surface area contributed by atoms with Crippen LogP contribution in [-0.2, 0) is 4.74 Å². The van der Waals surface area contributed by atoms with Crippen LogP contribution in [0.4, 0.5) is 0 Å². The van der Waals surface area contributed by atoms with Crippen LogP contribution < -0.4 is 42.0 Å². The Balaban J connectivity index is -0.0000000200. The molecule has 0 aliphatic heterocycles. The molecule has 0 aliphatic carbocycles. The van der Waals surface area contributed by atoms with E-state index in [9.17, 15) is 0 Å². The van der Waals surface area contributed by atoms with E-state index in [4.69, 9.17) is 0 Å². The van der Waals surface area contributed by atoms with Crippen molar-refractivity contribution < 1.29 is 46.7 Å². The Hall–Kier alpha value is 1.25. The molecule has 0 N–H and O–H groups in total. The van der Waals surface area contributed by atoms with Crippen LogP contribution in [0.3, 0.4) is 0 Å². The second-order valence-corrected chi connectivity index (χ2v) is 0.408. The van der Waals surface area contributed by atoms with Gasteiger partial charge in [-0.2, -0.15) is 0 Å². The van der Waals surface area contributed by atoms with Crippen LogP contribution in [0.5, 0.6) is 0 Å². The molecule has 0 spiro atoms. The first-order chi connectivity index (χ1) is 1.41. The maximum Gasteiger partial charge on any atom is 1.00 e. The van der Waals surface area contributed by atoms with Crippen molar-refractivity contribution in [3.05, 3.63) is 0 Å². The third kappa shape index (κ3) is 35.5. The monoisotopic (exact) mass is 104 g/mol. The third-order valence-electron chi connectivity index (χ3n) is 0. The number of ether oxygens (including phenoxy) is 1. The van der Waals surface area contributed by atoms with Crippen molar-refractivity contribution in [1.29, 1.82) is 0 Å². The van der Waals surface area contributed by atoms with E-state index in [0.717, 1.165) is 0 Å². The average molecular weight is 105 g/mol. The summed E-state index contributed by atoms with van der Waals surface area (Å²) in [7, 11) is 3.25. The van der Waals surface area contributed by atoms with Crippen molar-refractivity contribution in [2.45, 2.75) is 0 Å². The van der Waals surface area contributed by atoms with Gasteiger partial charge in [-0.25, -0.2) is 0 Å². The summed E-state index contributed by atoms with van der Waals surface area (Å²) in [6.45, 7) is 0. The smallest absolute Gasteiger partial charge is 1.00 e. The van der Waals surface area contributed by atoms with Crippen LogP contribution in [0.1, 0.15) is 0 Å². The van der Waals surface area contributed by atoms with Gasteiger partial charge >= 0.3 is 29.6 Å². The van der Waals surface area contributed by atoms with Crippen LogP contribution in [-0.4, -0.2) is 14.2 Å². The third-order valence-corrected chi connectivity index (χ3v) is 0. The van der Waals surface area contributed by atoms with E-state index in [1.807, 2.05) is 0 Å². The topological polar surface area (TPSA) is 9.23 Å². The zero-order chi connectivity index (χ0) is 2.71. The molecule has 0 heterocycles. The Morgan fingerprint density at radius 1 is 1.20 bits per heavy atom. The Kier molecular flexibility index (Phi) is 61.1. The van der Waals surface area contributed by atoms with Gasteiger partial charge in [0.25, 0.3) is 0 Å². The van der Waals surface area contributed by atoms with E-state index < -0.39 is 0 Å². The van der Waals surface area contributed by atoms with Crippen molar-refractivity contribution in [2.75, 3.05) is 14.2 Å². The van der Waals surface area contributed by atoms with E-state index in [2.05, 4.69) is 4.74 Å². The van der Waals surface area contributed by atoms with Crippen molar-refractivity contribution in [3.8, 4) is 0 Å². The fraction of sp³-hybridized carbons (Fsp3) is 1.00. The number of halogens is 1. The van der Waals surface area contributed by atoms with E-state index in [0.29, 0.717) is 0 Å². The Morgan fingerprint density at radius 2 is 1.20 bits per heavy atom. The molecular formula is C2H6ClNaO. The summed E-state index contributed by atoms with van der Waals surface area (Å²) in [5, 5.41) is 0. The van der Waals surface area contributed by atoms with Crippen LogP contribution in [0.25, 0.3) is 0 Å². The Morgan fingerprint density at radius 3 is 1.20 bits per heavy atom. The van der Waals surface area contributed by atoms with E-state index in [-0.39, 0.29) is 42.0 Å². The maximum atomic E-state index is 4.25. The van der Waals surface area contributed by atoms with E-state index >= 15 is 0 Å². The van der Waals surface area contributed by atoms with Crippen LogP contribution in [0, 0.1) is 0 Å². The molecule has 0 aromatic heterocycles. The van der Waals surface area contributed by atoms with Gasteiger partial charge in [0.15, 0.2) is 0 Å². The minimum atomic E-state index is 0. The molecular weight excluding hydrogens is 98.5 g/mol. The van der Waals surface area contributed by atoms with Gasteiger partial charge < -0.3 is 17.1 Å². The van der Waals surface area contributed by atoms with Gasteiger partial charge in [0.1, 0.15) is 0 Å². The van der Waals surface area contributed by atoms with Gasteiger partial charge in [-0.1, -0.05) is 0 Å². The summed E-state index contributed by atoms with van der Waals surface area (Å²) in [5.74, 6) is 0. The molecule has 0 radical (unpaired) electrons. The van der Waals surface area contributed by atoms with Gasteiger partial charge in [0.05, 0.1) is 0 Å². The molecule has 0 aliphatic rings. The molecule has 28 valence electrons. The second kappa shape index (κ2) is 18.7. The fourth-order valence-corrected chi connectivity index (χ4v) is 0. The number of rotatable bonds is 0. The van der Waals surface area contributed by atoms with Crippen LogP contribution in [0.2, 0.25) is 0 Å². The van der Waals surface area contributed by atoms with E-state index in [1.54, 1.807) is 14.2 Å². The molecule has 0 aromatic rings. The normalized spacial score (nSPS) is 3.60. The summed E-state index contributed by atoms with van der Waals surface area (Å²) in [4.78, 5) is 0. The summed E-state index contributed by atoms with van der Waals surface area (Å²) in [5.41, 5.74) is 0. The summed E-state index contributed by atoms with van der Waals surface area (Å²) >= 11 is 0. The molecule has 0 saturated heterocycles. The second-order valence-electron chi connectivity index (χ2n) is 0.408. The van der Waals surface area contributed by atoms with Gasteiger partial charge in [-0.15, -0.1) is 0 Å². The molecule has 0 amide bonds. The molecule has 3 heteroatoms. The fourth-order valence-electron chi connectivity index (χ4n) is 0. The Labute approximate surface area is 60.8 Å². The molecule has 0 bridgehead atoms. The van der Waals surface area contributed by atoms with Gasteiger partial charge in [-0.3, -0.25) is 0 Å². The average Bonchev–Trinajstić information content (AvgIpc) is 0.918. The van der Waals surface area contributed by atoms with Crippen LogP contribution >= 0.6 is 0 Å². The minimum Gasteiger partial charge on any atom is -1.00 e. The van der Waals surface area contributed by atoms with Crippen molar-refractivity contribution in [1.82, 2.24) is 0 Å². The predicted octanol–water partition coefficient (Wildman–Crippen LogP) is -5.73. The molecule has 0 fully saturated rings. The molecule has 0 atom stereocenters. The minimum absolute atomic E-state index is 0. The standard InChI is InChI=1S/C2H6O.ClH.Na/c1-3-2;;/h1-2H3;1H;/q;;+1/p-1. The van der Waals surface area contributed by atoms with Crippen molar-refractivity contribution >= 4 is 0 Å². The first kappa shape index (κ1) is 16.3. The van der Waals surface area contributed by atoms with Gasteiger partial charge in [0.2, 0.25) is 0 Å². The molecule has 0 saturated carbocycles. The molecule has 0 aromatic carbocycles. The number of hydrogen-bond acceptors (Lipinski definition) is 1. The summed E-state index contributed by atoms with van der Waals surface area (Å²) in [6.07, 6.45) is 0. The van der Waals surface area contributed by atoms with E-state index in [1.165, 1.54) is 0 Å². The van der Waals surface area contributed by atoms with Crippen LogP contribution in [0.15, 0.2) is 0 Å². The van der Waals surface area contributed by atoms with Crippen molar-refractivity contribution in [2.24, 2.45) is 0 Å². The summed E-state index contributed by atoms with van der Waals surface area (Å²) in [6, 6.07) is 0. The van der Waals surface area contributed by atoms with Gasteiger partial charge in [-0.05, 0) is 0 Å². The van der Waals surface area contributed by atoms with Gasteiger partial charge in [0, 0.05) is 14.2 Å². The molecule has 5 heavy (non-hydrogen) atoms. The molecule has 0 unspecified atom stereocenters. The quantitative estimate of drug-likeness (QED) is 0.279. The maximum absolute atomic E-state index is 4.25. The first-order valence-electron chi connectivity index (χ1n) is 0.816. The molecule has 1 nitrogen and oxygen atoms in total. The SMILES string of the molecule is COC.[Cl-].[Na+].